The topological polar surface area (TPSA) is 176 Å². The number of esters is 3. The molecule has 0 saturated carbocycles. The van der Waals surface area contributed by atoms with Crippen molar-refractivity contribution in [3.63, 3.8) is 0 Å². The van der Waals surface area contributed by atoms with Crippen LogP contribution in [0.5, 0.6) is 0 Å². The fraction of sp³-hybridized carbons (Fsp3) is 0.500. The van der Waals surface area contributed by atoms with Gasteiger partial charge in [0.1, 0.15) is 38.1 Å². The van der Waals surface area contributed by atoms with Crippen LogP contribution in [0, 0.1) is 0 Å². The third-order valence-corrected chi connectivity index (χ3v) is 5.82. The lowest BCUT2D eigenvalue weighted by Gasteiger charge is -2.28. The quantitative estimate of drug-likeness (QED) is 0.0716. The molecule has 1 aromatic carbocycles. The fourth-order valence-electron chi connectivity index (χ4n) is 3.98. The van der Waals surface area contributed by atoms with Gasteiger partial charge < -0.3 is 39.4 Å². The van der Waals surface area contributed by atoms with Crippen LogP contribution in [0.2, 0.25) is 0 Å². The van der Waals surface area contributed by atoms with Gasteiger partial charge in [-0.15, -0.1) is 0 Å². The van der Waals surface area contributed by atoms with Crippen molar-refractivity contribution in [1.29, 1.82) is 0 Å². The number of rotatable bonds is 23. The SMILES string of the molecule is C=CC(=O)OCC(O)CN(Cc1ccc(CN(CC(O)COC(=O)C=C)CC(O)COC(=O)C=C)cc1)CC(O)COC. The molecule has 0 spiro atoms. The summed E-state index contributed by atoms with van der Waals surface area (Å²) in [6.45, 7) is 10.3. The smallest absolute Gasteiger partial charge is 0.330 e. The summed E-state index contributed by atoms with van der Waals surface area (Å²) in [6, 6.07) is 7.42. The maximum absolute atomic E-state index is 11.4. The lowest BCUT2D eigenvalue weighted by molar-refractivity contribution is -0.142. The summed E-state index contributed by atoms with van der Waals surface area (Å²) in [7, 11) is 1.47. The van der Waals surface area contributed by atoms with Crippen molar-refractivity contribution in [1.82, 2.24) is 9.80 Å². The first-order chi connectivity index (χ1) is 20.5. The predicted molar refractivity (Wildman–Crippen MR) is 156 cm³/mol. The maximum atomic E-state index is 11.4. The monoisotopic (exact) mass is 608 g/mol. The van der Waals surface area contributed by atoms with Crippen molar-refractivity contribution in [2.24, 2.45) is 0 Å². The largest absolute Gasteiger partial charge is 0.460 e. The van der Waals surface area contributed by atoms with Gasteiger partial charge in [-0.25, -0.2) is 14.4 Å². The Hall–Kier alpha value is -3.43. The zero-order chi connectivity index (χ0) is 32.2. The summed E-state index contributed by atoms with van der Waals surface area (Å²) in [5.74, 6) is -2.00. The van der Waals surface area contributed by atoms with Crippen molar-refractivity contribution in [3.8, 4) is 0 Å². The van der Waals surface area contributed by atoms with Crippen LogP contribution in [0.3, 0.4) is 0 Å². The van der Waals surface area contributed by atoms with Gasteiger partial charge in [0, 0.05) is 64.6 Å². The molecule has 0 aliphatic heterocycles. The van der Waals surface area contributed by atoms with E-state index < -0.39 is 42.3 Å². The summed E-state index contributed by atoms with van der Waals surface area (Å²) in [4.78, 5) is 37.6. The van der Waals surface area contributed by atoms with E-state index in [9.17, 15) is 34.8 Å². The van der Waals surface area contributed by atoms with Crippen LogP contribution in [0.1, 0.15) is 11.1 Å². The second-order valence-corrected chi connectivity index (χ2v) is 9.78. The van der Waals surface area contributed by atoms with E-state index in [0.717, 1.165) is 29.4 Å². The van der Waals surface area contributed by atoms with E-state index >= 15 is 0 Å². The predicted octanol–water partition coefficient (Wildman–Crippen LogP) is -0.432. The molecule has 0 radical (unpaired) electrons. The fourth-order valence-corrected chi connectivity index (χ4v) is 3.98. The van der Waals surface area contributed by atoms with Crippen LogP contribution in [0.15, 0.2) is 62.2 Å². The standard InChI is InChI=1S/C30H44N2O11/c1-5-28(37)41-19-25(34)15-31(14-24(33)18-40-4)12-22-8-10-23(11-9-22)13-32(16-26(35)20-42-29(38)6-2)17-27(36)21-43-30(39)7-3/h5-11,24-27,33-36H,1-3,12-21H2,4H3. The van der Waals surface area contributed by atoms with Crippen molar-refractivity contribution in [3.05, 3.63) is 73.4 Å². The molecule has 1 rings (SSSR count). The first kappa shape index (κ1) is 37.6. The number of carbonyl (C=O) groups is 3. The number of hydrogen-bond donors (Lipinski definition) is 4. The van der Waals surface area contributed by atoms with E-state index in [1.54, 1.807) is 9.80 Å². The third kappa shape index (κ3) is 17.3. The molecule has 0 aliphatic carbocycles. The van der Waals surface area contributed by atoms with Crippen LogP contribution in [-0.4, -0.2) is 132 Å². The minimum atomic E-state index is -1.06. The highest BCUT2D eigenvalue weighted by atomic mass is 16.5. The van der Waals surface area contributed by atoms with Gasteiger partial charge in [-0.1, -0.05) is 44.0 Å². The maximum Gasteiger partial charge on any atom is 0.330 e. The number of benzene rings is 1. The molecule has 4 atom stereocenters. The molecule has 13 heteroatoms. The van der Waals surface area contributed by atoms with Crippen LogP contribution in [0.25, 0.3) is 0 Å². The normalized spacial score (nSPS) is 13.9. The molecule has 0 aliphatic rings. The lowest BCUT2D eigenvalue weighted by atomic mass is 10.1. The number of hydrogen-bond acceptors (Lipinski definition) is 13. The zero-order valence-corrected chi connectivity index (χ0v) is 24.6. The first-order valence-electron chi connectivity index (χ1n) is 13.6. The molecule has 0 bridgehead atoms. The molecule has 0 fully saturated rings. The van der Waals surface area contributed by atoms with Gasteiger partial charge in [0.05, 0.1) is 12.7 Å². The van der Waals surface area contributed by atoms with Crippen molar-refractivity contribution in [2.45, 2.75) is 37.5 Å². The number of nitrogens with zero attached hydrogens (tertiary/aromatic N) is 2. The molecule has 240 valence electrons. The van der Waals surface area contributed by atoms with E-state index in [2.05, 4.69) is 19.7 Å². The minimum absolute atomic E-state index is 0.0398. The highest BCUT2D eigenvalue weighted by molar-refractivity contribution is 5.81. The molecule has 0 amide bonds. The molecule has 1 aromatic rings. The number of aliphatic hydroxyl groups is 4. The summed E-state index contributed by atoms with van der Waals surface area (Å²) < 4.78 is 19.7. The van der Waals surface area contributed by atoms with E-state index in [-0.39, 0.29) is 52.6 Å². The number of ether oxygens (including phenoxy) is 4. The Bertz CT molecular complexity index is 986. The third-order valence-electron chi connectivity index (χ3n) is 5.82. The van der Waals surface area contributed by atoms with Crippen LogP contribution < -0.4 is 0 Å². The van der Waals surface area contributed by atoms with Crippen LogP contribution in [-0.2, 0) is 46.4 Å². The molecule has 13 nitrogen and oxygen atoms in total. The Morgan fingerprint density at radius 3 is 1.16 bits per heavy atom. The minimum Gasteiger partial charge on any atom is -0.460 e. The summed E-state index contributed by atoms with van der Waals surface area (Å²) >= 11 is 0. The van der Waals surface area contributed by atoms with Crippen molar-refractivity contribution >= 4 is 17.9 Å². The van der Waals surface area contributed by atoms with Gasteiger partial charge in [-0.2, -0.15) is 0 Å². The lowest BCUT2D eigenvalue weighted by Crippen LogP contribution is -2.41. The highest BCUT2D eigenvalue weighted by Gasteiger charge is 2.20. The van der Waals surface area contributed by atoms with Gasteiger partial charge in [-0.05, 0) is 11.1 Å². The first-order valence-corrected chi connectivity index (χ1v) is 13.6. The zero-order valence-electron chi connectivity index (χ0n) is 24.6. The van der Waals surface area contributed by atoms with E-state index in [0.29, 0.717) is 13.1 Å². The summed E-state index contributed by atoms with van der Waals surface area (Å²) in [6.07, 6.45) is -0.948. The molecule has 0 aromatic heterocycles. The molecular weight excluding hydrogens is 564 g/mol. The summed E-state index contributed by atoms with van der Waals surface area (Å²) in [5.41, 5.74) is 1.69. The van der Waals surface area contributed by atoms with E-state index in [4.69, 9.17) is 18.9 Å². The Morgan fingerprint density at radius 2 is 0.907 bits per heavy atom. The van der Waals surface area contributed by atoms with Crippen LogP contribution in [0.4, 0.5) is 0 Å². The Kier molecular flexibility index (Phi) is 18.6. The number of methoxy groups -OCH3 is 1. The molecular formula is C30H44N2O11. The van der Waals surface area contributed by atoms with Crippen molar-refractivity contribution < 1.29 is 53.8 Å². The second kappa shape index (κ2) is 21.3. The van der Waals surface area contributed by atoms with Gasteiger partial charge in [0.25, 0.3) is 0 Å². The summed E-state index contributed by atoms with van der Waals surface area (Å²) in [5, 5.41) is 41.4. The number of aliphatic hydroxyl groups excluding tert-OH is 4. The van der Waals surface area contributed by atoms with Gasteiger partial charge >= 0.3 is 17.9 Å². The Balaban J connectivity index is 2.93. The molecule has 0 saturated heterocycles. The second-order valence-electron chi connectivity index (χ2n) is 9.78. The highest BCUT2D eigenvalue weighted by Crippen LogP contribution is 2.13. The average molecular weight is 609 g/mol. The van der Waals surface area contributed by atoms with Crippen molar-refractivity contribution in [2.75, 3.05) is 59.7 Å². The molecule has 4 unspecified atom stereocenters. The number of carbonyl (C=O) groups excluding carboxylic acids is 3. The van der Waals surface area contributed by atoms with Gasteiger partial charge in [0.15, 0.2) is 0 Å². The Labute approximate surface area is 252 Å². The van der Waals surface area contributed by atoms with E-state index in [1.807, 2.05) is 24.3 Å². The average Bonchev–Trinajstić information content (AvgIpc) is 2.98. The molecule has 4 N–H and O–H groups in total. The van der Waals surface area contributed by atoms with Gasteiger partial charge in [0.2, 0.25) is 0 Å². The Morgan fingerprint density at radius 1 is 0.628 bits per heavy atom. The van der Waals surface area contributed by atoms with Crippen LogP contribution >= 0.6 is 0 Å². The van der Waals surface area contributed by atoms with Gasteiger partial charge in [-0.3, -0.25) is 9.80 Å². The molecule has 43 heavy (non-hydrogen) atoms. The molecule has 0 heterocycles. The van der Waals surface area contributed by atoms with E-state index in [1.165, 1.54) is 7.11 Å².